The largest absolute Gasteiger partial charge is 0.465 e. The van der Waals surface area contributed by atoms with Crippen LogP contribution in [0.5, 0.6) is 0 Å². The number of anilines is 1. The molecule has 0 fully saturated rings. The zero-order valence-corrected chi connectivity index (χ0v) is 16.9. The van der Waals surface area contributed by atoms with Crippen molar-refractivity contribution in [2.45, 2.75) is 26.8 Å². The molecule has 2 heterocycles. The third kappa shape index (κ3) is 5.20. The lowest BCUT2D eigenvalue weighted by molar-refractivity contribution is -0.143. The molecule has 3 aromatic rings. The van der Waals surface area contributed by atoms with E-state index in [0.717, 1.165) is 23.1 Å². The highest BCUT2D eigenvalue weighted by atomic mass is 16.5. The van der Waals surface area contributed by atoms with Gasteiger partial charge >= 0.3 is 5.97 Å². The summed E-state index contributed by atoms with van der Waals surface area (Å²) in [6.07, 6.45) is 5.66. The summed E-state index contributed by atoms with van der Waals surface area (Å²) < 4.78 is 6.09. The molecule has 0 unspecified atom stereocenters. The fourth-order valence-corrected chi connectivity index (χ4v) is 3.01. The highest BCUT2D eigenvalue weighted by molar-refractivity contribution is 6.05. The van der Waals surface area contributed by atoms with E-state index in [0.29, 0.717) is 11.3 Å². The normalized spacial score (nSPS) is 10.5. The number of esters is 1. The second-order valence-corrected chi connectivity index (χ2v) is 6.66. The van der Waals surface area contributed by atoms with Crippen LogP contribution < -0.4 is 10.9 Å². The maximum atomic E-state index is 12.9. The van der Waals surface area contributed by atoms with Crippen molar-refractivity contribution in [3.63, 3.8) is 0 Å². The first-order valence-corrected chi connectivity index (χ1v) is 9.72. The van der Waals surface area contributed by atoms with Crippen molar-refractivity contribution >= 4 is 17.6 Å². The highest BCUT2D eigenvalue weighted by Crippen LogP contribution is 2.23. The lowest BCUT2D eigenvalue weighted by Gasteiger charge is -2.11. The number of hydrogen-bond donors (Lipinski definition) is 1. The van der Waals surface area contributed by atoms with Crippen LogP contribution >= 0.6 is 0 Å². The smallest absolute Gasteiger partial charge is 0.326 e. The Morgan fingerprint density at radius 2 is 1.93 bits per heavy atom. The van der Waals surface area contributed by atoms with Crippen LogP contribution in [0, 0.1) is 0 Å². The van der Waals surface area contributed by atoms with E-state index < -0.39 is 5.97 Å². The van der Waals surface area contributed by atoms with Crippen LogP contribution in [0.25, 0.3) is 11.1 Å². The zero-order valence-electron chi connectivity index (χ0n) is 16.9. The van der Waals surface area contributed by atoms with Crippen molar-refractivity contribution in [2.75, 3.05) is 11.9 Å². The van der Waals surface area contributed by atoms with E-state index in [1.165, 1.54) is 22.9 Å². The monoisotopic (exact) mass is 405 g/mol. The van der Waals surface area contributed by atoms with E-state index in [1.807, 2.05) is 31.2 Å². The summed E-state index contributed by atoms with van der Waals surface area (Å²) in [7, 11) is 0. The quantitative estimate of drug-likeness (QED) is 0.609. The van der Waals surface area contributed by atoms with Crippen molar-refractivity contribution in [2.24, 2.45) is 0 Å². The summed E-state index contributed by atoms with van der Waals surface area (Å²) >= 11 is 0. The third-order valence-corrected chi connectivity index (χ3v) is 4.50. The average Bonchev–Trinajstić information content (AvgIpc) is 2.76. The predicted octanol–water partition coefficient (Wildman–Crippen LogP) is 3.29. The number of aromatic nitrogens is 2. The van der Waals surface area contributed by atoms with Gasteiger partial charge in [-0.05, 0) is 48.7 Å². The molecule has 2 aromatic heterocycles. The number of amides is 1. The second-order valence-electron chi connectivity index (χ2n) is 6.66. The van der Waals surface area contributed by atoms with Gasteiger partial charge in [0.15, 0.2) is 0 Å². The molecule has 0 saturated heterocycles. The van der Waals surface area contributed by atoms with E-state index in [-0.39, 0.29) is 24.6 Å². The molecule has 1 amide bonds. The molecular weight excluding hydrogens is 382 g/mol. The SMILES string of the molecule is CCOC(=O)Cn1cc(NC(=O)c2cc(CC)cc(-c3cccnc3)c2)ccc1=O. The van der Waals surface area contributed by atoms with Gasteiger partial charge in [0.1, 0.15) is 6.54 Å². The van der Waals surface area contributed by atoms with Gasteiger partial charge in [0.2, 0.25) is 0 Å². The van der Waals surface area contributed by atoms with Crippen LogP contribution in [0.4, 0.5) is 5.69 Å². The average molecular weight is 405 g/mol. The topological polar surface area (TPSA) is 90.3 Å². The lowest BCUT2D eigenvalue weighted by atomic mass is 9.99. The van der Waals surface area contributed by atoms with E-state index in [9.17, 15) is 14.4 Å². The Hall–Kier alpha value is -3.74. The Bertz CT molecular complexity index is 1110. The number of pyridine rings is 2. The van der Waals surface area contributed by atoms with Crippen LogP contribution in [-0.2, 0) is 22.5 Å². The molecule has 0 saturated carbocycles. The number of benzene rings is 1. The fourth-order valence-electron chi connectivity index (χ4n) is 3.01. The van der Waals surface area contributed by atoms with Crippen LogP contribution in [0.2, 0.25) is 0 Å². The van der Waals surface area contributed by atoms with Crippen LogP contribution in [0.3, 0.4) is 0 Å². The van der Waals surface area contributed by atoms with Gasteiger partial charge in [-0.2, -0.15) is 0 Å². The molecule has 154 valence electrons. The molecule has 0 spiro atoms. The molecule has 30 heavy (non-hydrogen) atoms. The maximum Gasteiger partial charge on any atom is 0.326 e. The Balaban J connectivity index is 1.85. The number of ether oxygens (including phenoxy) is 1. The Labute approximate surface area is 174 Å². The van der Waals surface area contributed by atoms with Crippen LogP contribution in [0.15, 0.2) is 65.8 Å². The van der Waals surface area contributed by atoms with Gasteiger partial charge < -0.3 is 14.6 Å². The number of carbonyl (C=O) groups is 2. The van der Waals surface area contributed by atoms with Crippen molar-refractivity contribution in [1.82, 2.24) is 9.55 Å². The molecule has 0 aliphatic rings. The molecule has 1 N–H and O–H groups in total. The molecule has 7 nitrogen and oxygen atoms in total. The van der Waals surface area contributed by atoms with Crippen LogP contribution in [-0.4, -0.2) is 28.0 Å². The molecule has 0 atom stereocenters. The van der Waals surface area contributed by atoms with Crippen molar-refractivity contribution in [1.29, 1.82) is 0 Å². The number of carbonyl (C=O) groups excluding carboxylic acids is 2. The lowest BCUT2D eigenvalue weighted by Crippen LogP contribution is -2.25. The molecule has 0 aliphatic heterocycles. The number of rotatable bonds is 7. The zero-order chi connectivity index (χ0) is 21.5. The molecule has 0 radical (unpaired) electrons. The summed E-state index contributed by atoms with van der Waals surface area (Å²) in [6.45, 7) is 3.74. The number of hydrogen-bond acceptors (Lipinski definition) is 5. The first-order chi connectivity index (χ1) is 14.5. The summed E-state index contributed by atoms with van der Waals surface area (Å²) in [4.78, 5) is 40.7. The Morgan fingerprint density at radius 3 is 2.63 bits per heavy atom. The fraction of sp³-hybridized carbons (Fsp3) is 0.217. The maximum absolute atomic E-state index is 12.9. The minimum atomic E-state index is -0.514. The standard InChI is InChI=1S/C23H23N3O4/c1-3-16-10-18(17-6-5-9-24-13-17)12-19(11-16)23(29)25-20-7-8-21(27)26(14-20)15-22(28)30-4-2/h5-14H,3-4,15H2,1-2H3,(H,25,29). The molecule has 1 aromatic carbocycles. The summed E-state index contributed by atoms with van der Waals surface area (Å²) in [5, 5.41) is 2.79. The Morgan fingerprint density at radius 1 is 1.10 bits per heavy atom. The molecular formula is C23H23N3O4. The van der Waals surface area contributed by atoms with Gasteiger partial charge in [-0.3, -0.25) is 19.4 Å². The number of aryl methyl sites for hydroxylation is 1. The van der Waals surface area contributed by atoms with E-state index in [4.69, 9.17) is 4.74 Å². The van der Waals surface area contributed by atoms with Gasteiger partial charge in [0.05, 0.1) is 12.3 Å². The van der Waals surface area contributed by atoms with E-state index >= 15 is 0 Å². The van der Waals surface area contributed by atoms with Crippen molar-refractivity contribution in [3.8, 4) is 11.1 Å². The van der Waals surface area contributed by atoms with Gasteiger partial charge in [0.25, 0.3) is 11.5 Å². The highest BCUT2D eigenvalue weighted by Gasteiger charge is 2.12. The Kier molecular flexibility index (Phi) is 6.75. The molecule has 3 rings (SSSR count). The minimum absolute atomic E-state index is 0.215. The van der Waals surface area contributed by atoms with Gasteiger partial charge in [-0.1, -0.05) is 19.1 Å². The second kappa shape index (κ2) is 9.65. The minimum Gasteiger partial charge on any atom is -0.465 e. The molecule has 0 bridgehead atoms. The number of nitrogens with one attached hydrogen (secondary N) is 1. The number of nitrogens with zero attached hydrogens (tertiary/aromatic N) is 2. The van der Waals surface area contributed by atoms with Crippen molar-refractivity contribution in [3.05, 3.63) is 82.5 Å². The van der Waals surface area contributed by atoms with E-state index in [2.05, 4.69) is 10.3 Å². The first kappa shape index (κ1) is 21.0. The van der Waals surface area contributed by atoms with Gasteiger partial charge in [-0.15, -0.1) is 0 Å². The third-order valence-electron chi connectivity index (χ3n) is 4.50. The van der Waals surface area contributed by atoms with Crippen molar-refractivity contribution < 1.29 is 14.3 Å². The summed E-state index contributed by atoms with van der Waals surface area (Å²) in [6, 6.07) is 12.3. The summed E-state index contributed by atoms with van der Waals surface area (Å²) in [5.41, 5.74) is 3.40. The van der Waals surface area contributed by atoms with Gasteiger partial charge in [0, 0.05) is 35.8 Å². The molecule has 7 heteroatoms. The summed E-state index contributed by atoms with van der Waals surface area (Å²) in [5.74, 6) is -0.823. The molecule has 0 aliphatic carbocycles. The van der Waals surface area contributed by atoms with E-state index in [1.54, 1.807) is 25.4 Å². The first-order valence-electron chi connectivity index (χ1n) is 9.72. The van der Waals surface area contributed by atoms with Crippen LogP contribution in [0.1, 0.15) is 29.8 Å². The predicted molar refractivity (Wildman–Crippen MR) is 114 cm³/mol. The van der Waals surface area contributed by atoms with Gasteiger partial charge in [-0.25, -0.2) is 0 Å².